The molecule has 1 aromatic heterocycles. The topological polar surface area (TPSA) is 43.1 Å². The Morgan fingerprint density at radius 3 is 2.85 bits per heavy atom. The summed E-state index contributed by atoms with van der Waals surface area (Å²) < 4.78 is 2.07. The summed E-state index contributed by atoms with van der Waals surface area (Å²) in [4.78, 5) is 12.4. The zero-order chi connectivity index (χ0) is 14.1. The van der Waals surface area contributed by atoms with Crippen LogP contribution in [0.4, 0.5) is 5.69 Å². The lowest BCUT2D eigenvalue weighted by atomic mass is 10.0. The van der Waals surface area contributed by atoms with Crippen LogP contribution in [0.3, 0.4) is 0 Å². The Balaban J connectivity index is 1.94. The maximum absolute atomic E-state index is 12.4. The van der Waals surface area contributed by atoms with Gasteiger partial charge < -0.3 is 5.73 Å². The molecule has 0 saturated heterocycles. The van der Waals surface area contributed by atoms with E-state index in [1.54, 1.807) is 23.5 Å². The van der Waals surface area contributed by atoms with Gasteiger partial charge in [-0.1, -0.05) is 34.1 Å². The Morgan fingerprint density at radius 1 is 1.20 bits per heavy atom. The first-order valence-corrected chi connectivity index (χ1v) is 7.86. The van der Waals surface area contributed by atoms with Crippen LogP contribution in [0.25, 0.3) is 10.1 Å². The highest BCUT2D eigenvalue weighted by molar-refractivity contribution is 9.10. The molecule has 0 unspecified atom stereocenters. The second-order valence-corrected chi connectivity index (χ2v) is 6.42. The number of nitrogen functional groups attached to an aromatic ring is 1. The van der Waals surface area contributed by atoms with E-state index < -0.39 is 0 Å². The smallest absolute Gasteiger partial charge is 0.169 e. The van der Waals surface area contributed by atoms with Crippen LogP contribution in [0.5, 0.6) is 0 Å². The van der Waals surface area contributed by atoms with E-state index in [2.05, 4.69) is 33.4 Å². The predicted octanol–water partition coefficient (Wildman–Crippen LogP) is 4.67. The van der Waals surface area contributed by atoms with Crippen LogP contribution in [0, 0.1) is 0 Å². The van der Waals surface area contributed by atoms with Gasteiger partial charge in [0, 0.05) is 26.8 Å². The normalized spacial score (nSPS) is 10.8. The number of hydrogen-bond donors (Lipinski definition) is 1. The van der Waals surface area contributed by atoms with Crippen molar-refractivity contribution in [1.82, 2.24) is 0 Å². The lowest BCUT2D eigenvalue weighted by Crippen LogP contribution is -2.06. The van der Waals surface area contributed by atoms with Crippen molar-refractivity contribution in [2.75, 3.05) is 5.73 Å². The molecule has 2 N–H and O–H groups in total. The summed E-state index contributed by atoms with van der Waals surface area (Å²) in [5, 5.41) is 3.20. The predicted molar refractivity (Wildman–Crippen MR) is 88.4 cm³/mol. The molecule has 0 fully saturated rings. The fraction of sp³-hybridized carbons (Fsp3) is 0.0625. The number of halogens is 1. The number of benzene rings is 2. The molecular formula is C16H12BrNOS. The van der Waals surface area contributed by atoms with Crippen molar-refractivity contribution < 1.29 is 4.79 Å². The van der Waals surface area contributed by atoms with Crippen molar-refractivity contribution in [2.45, 2.75) is 6.42 Å². The zero-order valence-corrected chi connectivity index (χ0v) is 13.0. The highest BCUT2D eigenvalue weighted by Gasteiger charge is 2.13. The van der Waals surface area contributed by atoms with Crippen LogP contribution < -0.4 is 5.73 Å². The molecular weight excluding hydrogens is 334 g/mol. The Kier molecular flexibility index (Phi) is 3.59. The van der Waals surface area contributed by atoms with Gasteiger partial charge >= 0.3 is 0 Å². The van der Waals surface area contributed by atoms with Gasteiger partial charge in [-0.25, -0.2) is 0 Å². The maximum atomic E-state index is 12.4. The minimum atomic E-state index is 0.0485. The van der Waals surface area contributed by atoms with Crippen molar-refractivity contribution in [3.63, 3.8) is 0 Å². The summed E-state index contributed by atoms with van der Waals surface area (Å²) in [6, 6.07) is 13.5. The van der Waals surface area contributed by atoms with E-state index in [9.17, 15) is 4.79 Å². The van der Waals surface area contributed by atoms with Crippen molar-refractivity contribution in [2.24, 2.45) is 0 Å². The molecule has 0 aliphatic rings. The third kappa shape index (κ3) is 2.49. The number of fused-ring (bicyclic) bond motifs is 1. The van der Waals surface area contributed by atoms with Gasteiger partial charge in [0.1, 0.15) is 0 Å². The number of nitrogens with two attached hydrogens (primary N) is 1. The van der Waals surface area contributed by atoms with Gasteiger partial charge in [-0.3, -0.25) is 4.79 Å². The molecule has 0 saturated carbocycles. The number of ketones is 1. The van der Waals surface area contributed by atoms with Crippen LogP contribution in [0.2, 0.25) is 0 Å². The van der Waals surface area contributed by atoms with E-state index in [1.165, 1.54) is 4.70 Å². The first kappa shape index (κ1) is 13.3. The highest BCUT2D eigenvalue weighted by Crippen LogP contribution is 2.28. The number of hydrogen-bond acceptors (Lipinski definition) is 3. The monoisotopic (exact) mass is 345 g/mol. The molecule has 3 rings (SSSR count). The van der Waals surface area contributed by atoms with Crippen LogP contribution >= 0.6 is 27.3 Å². The van der Waals surface area contributed by atoms with E-state index in [1.807, 2.05) is 18.2 Å². The molecule has 2 nitrogen and oxygen atoms in total. The van der Waals surface area contributed by atoms with E-state index in [0.717, 1.165) is 15.4 Å². The van der Waals surface area contributed by atoms with Crippen molar-refractivity contribution >= 4 is 48.8 Å². The van der Waals surface area contributed by atoms with Gasteiger partial charge in [0.15, 0.2) is 5.78 Å². The van der Waals surface area contributed by atoms with Gasteiger partial charge in [-0.15, -0.1) is 11.3 Å². The first-order chi connectivity index (χ1) is 9.65. The van der Waals surface area contributed by atoms with Crippen molar-refractivity contribution in [3.8, 4) is 0 Å². The van der Waals surface area contributed by atoms with Crippen LogP contribution in [0.1, 0.15) is 15.9 Å². The SMILES string of the molecule is Nc1ccc(Br)cc1C(=O)Cc1csc2ccccc12. The Labute approximate surface area is 129 Å². The van der Waals surface area contributed by atoms with E-state index in [0.29, 0.717) is 17.7 Å². The quantitative estimate of drug-likeness (QED) is 0.553. The second kappa shape index (κ2) is 5.38. The van der Waals surface area contributed by atoms with E-state index in [4.69, 9.17) is 5.73 Å². The minimum absolute atomic E-state index is 0.0485. The zero-order valence-electron chi connectivity index (χ0n) is 10.6. The summed E-state index contributed by atoms with van der Waals surface area (Å²) in [6.07, 6.45) is 0.380. The number of Topliss-reactive ketones (excluding diaryl/α,β-unsaturated/α-hetero) is 1. The Morgan fingerprint density at radius 2 is 2.00 bits per heavy atom. The molecule has 0 amide bonds. The Bertz CT molecular complexity index is 794. The largest absolute Gasteiger partial charge is 0.398 e. The molecule has 3 aromatic rings. The average molecular weight is 346 g/mol. The Hall–Kier alpha value is -1.65. The second-order valence-electron chi connectivity index (χ2n) is 4.59. The first-order valence-electron chi connectivity index (χ1n) is 6.18. The molecule has 4 heteroatoms. The van der Waals surface area contributed by atoms with Crippen LogP contribution in [-0.4, -0.2) is 5.78 Å². The van der Waals surface area contributed by atoms with Gasteiger partial charge in [0.25, 0.3) is 0 Å². The summed E-state index contributed by atoms with van der Waals surface area (Å²) >= 11 is 5.04. The lowest BCUT2D eigenvalue weighted by Gasteiger charge is -2.05. The number of carbonyl (C=O) groups is 1. The average Bonchev–Trinajstić information content (AvgIpc) is 2.85. The minimum Gasteiger partial charge on any atom is -0.398 e. The molecule has 100 valence electrons. The standard InChI is InChI=1S/C16H12BrNOS/c17-11-5-6-14(18)13(8-11)15(19)7-10-9-20-16-4-2-1-3-12(10)16/h1-6,8-9H,7,18H2. The molecule has 0 aliphatic carbocycles. The molecule has 0 radical (unpaired) electrons. The summed E-state index contributed by atoms with van der Waals surface area (Å²) in [5.74, 6) is 0.0485. The summed E-state index contributed by atoms with van der Waals surface area (Å²) in [5.41, 5.74) is 8.06. The highest BCUT2D eigenvalue weighted by atomic mass is 79.9. The molecule has 0 atom stereocenters. The van der Waals surface area contributed by atoms with Gasteiger partial charge in [0.2, 0.25) is 0 Å². The van der Waals surface area contributed by atoms with Crippen molar-refractivity contribution in [1.29, 1.82) is 0 Å². The third-order valence-electron chi connectivity index (χ3n) is 3.23. The molecule has 0 aliphatic heterocycles. The number of rotatable bonds is 3. The van der Waals surface area contributed by atoms with E-state index in [-0.39, 0.29) is 5.78 Å². The third-order valence-corrected chi connectivity index (χ3v) is 4.73. The number of anilines is 1. The number of carbonyl (C=O) groups excluding carboxylic acids is 1. The number of thiophene rings is 1. The van der Waals surface area contributed by atoms with Crippen LogP contribution in [0.15, 0.2) is 52.3 Å². The fourth-order valence-corrected chi connectivity index (χ4v) is 3.53. The fourth-order valence-electron chi connectivity index (χ4n) is 2.21. The summed E-state index contributed by atoms with van der Waals surface area (Å²) in [6.45, 7) is 0. The van der Waals surface area contributed by atoms with Crippen LogP contribution in [-0.2, 0) is 6.42 Å². The van der Waals surface area contributed by atoms with E-state index >= 15 is 0 Å². The van der Waals surface area contributed by atoms with Gasteiger partial charge in [-0.2, -0.15) is 0 Å². The summed E-state index contributed by atoms with van der Waals surface area (Å²) in [7, 11) is 0. The molecule has 2 aromatic carbocycles. The lowest BCUT2D eigenvalue weighted by molar-refractivity contribution is 0.0994. The molecule has 20 heavy (non-hydrogen) atoms. The van der Waals surface area contributed by atoms with Crippen molar-refractivity contribution in [3.05, 3.63) is 63.4 Å². The maximum Gasteiger partial charge on any atom is 0.169 e. The molecule has 0 bridgehead atoms. The molecule has 0 spiro atoms. The molecule has 1 heterocycles. The van der Waals surface area contributed by atoms with Gasteiger partial charge in [0.05, 0.1) is 0 Å². The van der Waals surface area contributed by atoms with Gasteiger partial charge in [-0.05, 0) is 40.6 Å².